The van der Waals surface area contributed by atoms with Crippen LogP contribution >= 0.6 is 0 Å². The van der Waals surface area contributed by atoms with Crippen LogP contribution in [0.4, 0.5) is 0 Å². The summed E-state index contributed by atoms with van der Waals surface area (Å²) < 4.78 is 0. The predicted octanol–water partition coefficient (Wildman–Crippen LogP) is 5.81. The summed E-state index contributed by atoms with van der Waals surface area (Å²) in [5.74, 6) is 1.30. The largest absolute Gasteiger partial charge is 0.390 e. The first-order chi connectivity index (χ1) is 15.2. The van der Waals surface area contributed by atoms with Gasteiger partial charge in [-0.05, 0) is 85.5 Å². The maximum absolute atomic E-state index is 11.0. The van der Waals surface area contributed by atoms with E-state index in [0.717, 1.165) is 25.7 Å². The summed E-state index contributed by atoms with van der Waals surface area (Å²) in [7, 11) is 0. The summed E-state index contributed by atoms with van der Waals surface area (Å²) in [6.45, 7) is 16.6. The van der Waals surface area contributed by atoms with Crippen molar-refractivity contribution in [2.45, 2.75) is 123 Å². The first-order valence-corrected chi connectivity index (χ1v) is 13.6. The van der Waals surface area contributed by atoms with Gasteiger partial charge in [0.25, 0.3) is 0 Å². The molecule has 0 radical (unpaired) electrons. The quantitative estimate of drug-likeness (QED) is 0.355. The highest BCUT2D eigenvalue weighted by atomic mass is 17.2. The van der Waals surface area contributed by atoms with Gasteiger partial charge in [-0.2, -0.15) is 0 Å². The molecule has 10 atom stereocenters. The number of fused-ring (bicyclic) bond motifs is 4. The second-order valence-electron chi connectivity index (χ2n) is 15.2. The first-order valence-electron chi connectivity index (χ1n) is 13.6. The lowest BCUT2D eigenvalue weighted by Gasteiger charge is -2.76. The molecule has 5 aliphatic carbocycles. The molecule has 0 aromatic carbocycles. The fourth-order valence-corrected chi connectivity index (χ4v) is 11.1. The molecule has 7 rings (SSSR count). The highest BCUT2D eigenvalue weighted by Crippen LogP contribution is 2.78. The van der Waals surface area contributed by atoms with E-state index in [0.29, 0.717) is 29.6 Å². The minimum atomic E-state index is -0.661. The van der Waals surface area contributed by atoms with Gasteiger partial charge in [0.2, 0.25) is 0 Å². The van der Waals surface area contributed by atoms with Crippen LogP contribution in [-0.4, -0.2) is 33.6 Å². The summed E-state index contributed by atoms with van der Waals surface area (Å²) in [6, 6.07) is 0. The van der Waals surface area contributed by atoms with Crippen LogP contribution in [0.2, 0.25) is 0 Å². The molecule has 2 spiro atoms. The zero-order chi connectivity index (χ0) is 23.9. The van der Waals surface area contributed by atoms with Gasteiger partial charge in [-0.25, -0.2) is 9.78 Å². The maximum atomic E-state index is 11.0. The number of aliphatic hydroxyl groups excluding tert-OH is 2. The number of aliphatic hydroxyl groups is 2. The Balaban J connectivity index is 1.47. The van der Waals surface area contributed by atoms with Crippen LogP contribution in [0.15, 0.2) is 12.2 Å². The molecule has 2 unspecified atom stereocenters. The standard InChI is InChI=1S/C29H46O4/c1-23(2)12-13-28-14-15-29(33-32-28)26(6)10-8-19-24(3,4)22(31)18(30)16-25(19,5)20(26)9-11-27(29,7)21(28)17-23/h14-15,18-22,30-31H,8-13,16-17H2,1-7H3/t18-,19+,20-,21+,22+,25+,26-,27+,28?,29?/m1/s1. The van der Waals surface area contributed by atoms with Crippen LogP contribution < -0.4 is 0 Å². The molecule has 2 bridgehead atoms. The fourth-order valence-electron chi connectivity index (χ4n) is 11.1. The molecule has 0 amide bonds. The Kier molecular flexibility index (Phi) is 4.38. The maximum Gasteiger partial charge on any atom is 0.133 e. The Hall–Kier alpha value is -0.420. The molecule has 0 aromatic heterocycles. The van der Waals surface area contributed by atoms with Gasteiger partial charge in [0.1, 0.15) is 11.2 Å². The number of hydrogen-bond donors (Lipinski definition) is 2. The molecular formula is C29H46O4. The highest BCUT2D eigenvalue weighted by Gasteiger charge is 2.78. The molecule has 1 saturated heterocycles. The number of rotatable bonds is 0. The van der Waals surface area contributed by atoms with Crippen LogP contribution in [0.3, 0.4) is 0 Å². The third-order valence-electron chi connectivity index (χ3n) is 12.9. The fraction of sp³-hybridized carbons (Fsp3) is 0.931. The van der Waals surface area contributed by atoms with Gasteiger partial charge in [0.15, 0.2) is 0 Å². The third-order valence-corrected chi connectivity index (χ3v) is 12.9. The topological polar surface area (TPSA) is 58.9 Å². The van der Waals surface area contributed by atoms with Crippen molar-refractivity contribution >= 4 is 0 Å². The lowest BCUT2D eigenvalue weighted by atomic mass is 9.32. The van der Waals surface area contributed by atoms with Gasteiger partial charge >= 0.3 is 0 Å². The van der Waals surface area contributed by atoms with E-state index >= 15 is 0 Å². The van der Waals surface area contributed by atoms with Crippen LogP contribution in [0.5, 0.6) is 0 Å². The Morgan fingerprint density at radius 3 is 1.97 bits per heavy atom. The Labute approximate surface area is 200 Å². The number of hydrogen-bond acceptors (Lipinski definition) is 4. The summed E-state index contributed by atoms with van der Waals surface area (Å²) >= 11 is 0. The van der Waals surface area contributed by atoms with Crippen molar-refractivity contribution in [3.05, 3.63) is 12.2 Å². The van der Waals surface area contributed by atoms with Gasteiger partial charge in [0, 0.05) is 16.7 Å². The van der Waals surface area contributed by atoms with Crippen LogP contribution in [0.1, 0.15) is 99.8 Å². The van der Waals surface area contributed by atoms with E-state index in [9.17, 15) is 10.2 Å². The molecule has 2 N–H and O–H groups in total. The van der Waals surface area contributed by atoms with Gasteiger partial charge in [-0.1, -0.05) is 54.5 Å². The normalized spacial score (nSPS) is 60.3. The lowest BCUT2D eigenvalue weighted by molar-refractivity contribution is -0.512. The third kappa shape index (κ3) is 2.43. The molecule has 2 aliphatic heterocycles. The Bertz CT molecular complexity index is 894. The van der Waals surface area contributed by atoms with Gasteiger partial charge in [0.05, 0.1) is 12.2 Å². The van der Waals surface area contributed by atoms with E-state index in [1.54, 1.807) is 0 Å². The molecule has 4 nitrogen and oxygen atoms in total. The molecule has 2 heterocycles. The lowest BCUT2D eigenvalue weighted by Crippen LogP contribution is -2.78. The van der Waals surface area contributed by atoms with E-state index < -0.39 is 17.8 Å². The monoisotopic (exact) mass is 458 g/mol. The van der Waals surface area contributed by atoms with Crippen molar-refractivity contribution in [2.24, 2.45) is 44.8 Å². The molecule has 0 aromatic rings. The van der Waals surface area contributed by atoms with Crippen LogP contribution in [-0.2, 0) is 9.78 Å². The highest BCUT2D eigenvalue weighted by molar-refractivity contribution is 5.35. The van der Waals surface area contributed by atoms with Crippen molar-refractivity contribution in [1.82, 2.24) is 0 Å². The molecule has 186 valence electrons. The molecule has 5 fully saturated rings. The van der Waals surface area contributed by atoms with E-state index in [2.05, 4.69) is 60.6 Å². The van der Waals surface area contributed by atoms with Crippen molar-refractivity contribution in [1.29, 1.82) is 0 Å². The summed E-state index contributed by atoms with van der Waals surface area (Å²) in [5, 5.41) is 21.9. The molecule has 33 heavy (non-hydrogen) atoms. The molecule has 4 heteroatoms. The van der Waals surface area contributed by atoms with E-state index in [1.165, 1.54) is 19.3 Å². The van der Waals surface area contributed by atoms with Crippen molar-refractivity contribution in [3.8, 4) is 0 Å². The van der Waals surface area contributed by atoms with E-state index in [-0.39, 0.29) is 27.3 Å². The smallest absolute Gasteiger partial charge is 0.133 e. The summed E-state index contributed by atoms with van der Waals surface area (Å²) in [4.78, 5) is 13.2. The summed E-state index contributed by atoms with van der Waals surface area (Å²) in [6.07, 6.45) is 12.1. The van der Waals surface area contributed by atoms with Crippen LogP contribution in [0.25, 0.3) is 0 Å². The summed E-state index contributed by atoms with van der Waals surface area (Å²) in [5.41, 5.74) is -0.682. The zero-order valence-corrected chi connectivity index (χ0v) is 21.9. The molecular weight excluding hydrogens is 412 g/mol. The Morgan fingerprint density at radius 1 is 0.697 bits per heavy atom. The van der Waals surface area contributed by atoms with Gasteiger partial charge in [-0.15, -0.1) is 0 Å². The van der Waals surface area contributed by atoms with E-state index in [1.807, 2.05) is 0 Å². The minimum absolute atomic E-state index is 0.0275. The zero-order valence-electron chi connectivity index (χ0n) is 21.9. The van der Waals surface area contributed by atoms with Crippen molar-refractivity contribution in [3.63, 3.8) is 0 Å². The minimum Gasteiger partial charge on any atom is -0.390 e. The SMILES string of the molecule is CC1(C)CCC23C=CC4(OO2)[C@@](C)(CC[C@@H]2[C@@]5(C)C[C@@H](O)[C@H](O)C(C)(C)[C@@H]5CC[C@]24C)[C@@H]3C1. The second kappa shape index (κ2) is 6.28. The predicted molar refractivity (Wildman–Crippen MR) is 128 cm³/mol. The Morgan fingerprint density at radius 2 is 1.33 bits per heavy atom. The molecule has 4 saturated carbocycles. The van der Waals surface area contributed by atoms with Crippen molar-refractivity contribution in [2.75, 3.05) is 0 Å². The van der Waals surface area contributed by atoms with Crippen LogP contribution in [0, 0.1) is 44.8 Å². The average Bonchev–Trinajstić information content (AvgIpc) is 2.72. The second-order valence-corrected chi connectivity index (χ2v) is 15.2. The average molecular weight is 459 g/mol. The van der Waals surface area contributed by atoms with Gasteiger partial charge in [-0.3, -0.25) is 0 Å². The van der Waals surface area contributed by atoms with Crippen molar-refractivity contribution < 1.29 is 20.0 Å². The van der Waals surface area contributed by atoms with E-state index in [4.69, 9.17) is 9.78 Å². The van der Waals surface area contributed by atoms with Gasteiger partial charge < -0.3 is 10.2 Å². The first kappa shape index (κ1) is 23.0. The molecule has 7 aliphatic rings.